The minimum Gasteiger partial charge on any atom is -0.381 e. The largest absolute Gasteiger partial charge is 0.381 e. The number of aryl methyl sites for hydroxylation is 1. The van der Waals surface area contributed by atoms with Gasteiger partial charge in [-0.25, -0.2) is 0 Å². The molecule has 3 heterocycles. The van der Waals surface area contributed by atoms with E-state index in [1.165, 1.54) is 17.7 Å². The van der Waals surface area contributed by atoms with Crippen LogP contribution in [0.15, 0.2) is 24.3 Å². The van der Waals surface area contributed by atoms with Crippen molar-refractivity contribution in [1.82, 2.24) is 10.2 Å². The topological polar surface area (TPSA) is 70.8 Å². The van der Waals surface area contributed by atoms with Gasteiger partial charge < -0.3 is 20.7 Å². The molecular formula is C23H38Cl2N4O2. The fourth-order valence-corrected chi connectivity index (χ4v) is 5.12. The van der Waals surface area contributed by atoms with Crippen molar-refractivity contribution in [2.24, 2.45) is 11.7 Å². The van der Waals surface area contributed by atoms with E-state index in [1.54, 1.807) is 0 Å². The SMILES string of the molecule is Cl.Cl.N[C@H]1CC[C@@H](C(=O)NCCN2CCCc3ccccc32)CN(C2CCOCC2)C1. The van der Waals surface area contributed by atoms with Crippen molar-refractivity contribution in [2.75, 3.05) is 50.8 Å². The predicted octanol–water partition coefficient (Wildman–Crippen LogP) is 2.62. The third-order valence-corrected chi connectivity index (χ3v) is 6.78. The molecular weight excluding hydrogens is 435 g/mol. The van der Waals surface area contributed by atoms with Gasteiger partial charge >= 0.3 is 0 Å². The van der Waals surface area contributed by atoms with E-state index < -0.39 is 0 Å². The average Bonchev–Trinajstić information content (AvgIpc) is 2.96. The molecule has 3 N–H and O–H groups in total. The van der Waals surface area contributed by atoms with E-state index >= 15 is 0 Å². The smallest absolute Gasteiger partial charge is 0.224 e. The van der Waals surface area contributed by atoms with Crippen molar-refractivity contribution in [3.05, 3.63) is 29.8 Å². The van der Waals surface area contributed by atoms with Crippen LogP contribution in [0.3, 0.4) is 0 Å². The molecule has 0 bridgehead atoms. The normalized spacial score (nSPS) is 24.9. The number of hydrogen-bond donors (Lipinski definition) is 2. The number of carbonyl (C=O) groups excluding carboxylic acids is 1. The first-order valence-electron chi connectivity index (χ1n) is 11.4. The maximum atomic E-state index is 13.0. The van der Waals surface area contributed by atoms with E-state index in [4.69, 9.17) is 10.5 Å². The van der Waals surface area contributed by atoms with Gasteiger partial charge in [0.25, 0.3) is 0 Å². The fourth-order valence-electron chi connectivity index (χ4n) is 5.12. The van der Waals surface area contributed by atoms with Crippen molar-refractivity contribution in [3.8, 4) is 0 Å². The number of amides is 1. The van der Waals surface area contributed by atoms with Gasteiger partial charge in [0.2, 0.25) is 5.91 Å². The molecule has 6 nitrogen and oxygen atoms in total. The molecule has 1 aromatic carbocycles. The molecule has 31 heavy (non-hydrogen) atoms. The first-order valence-corrected chi connectivity index (χ1v) is 11.4. The number of likely N-dealkylation sites (tertiary alicyclic amines) is 1. The molecule has 3 aliphatic rings. The Balaban J connectivity index is 0.00000171. The monoisotopic (exact) mass is 472 g/mol. The van der Waals surface area contributed by atoms with Crippen LogP contribution >= 0.6 is 24.8 Å². The number of hydrogen-bond acceptors (Lipinski definition) is 5. The highest BCUT2D eigenvalue weighted by atomic mass is 35.5. The second-order valence-corrected chi connectivity index (χ2v) is 8.84. The van der Waals surface area contributed by atoms with Crippen LogP contribution in [-0.4, -0.2) is 68.8 Å². The third-order valence-electron chi connectivity index (χ3n) is 6.78. The molecule has 2 saturated heterocycles. The molecule has 8 heteroatoms. The van der Waals surface area contributed by atoms with Crippen LogP contribution in [0.25, 0.3) is 0 Å². The van der Waals surface area contributed by atoms with Gasteiger partial charge in [-0.2, -0.15) is 0 Å². The summed E-state index contributed by atoms with van der Waals surface area (Å²) in [5.74, 6) is 0.237. The maximum Gasteiger partial charge on any atom is 0.224 e. The Morgan fingerprint density at radius 1 is 1.10 bits per heavy atom. The van der Waals surface area contributed by atoms with Gasteiger partial charge in [-0.1, -0.05) is 18.2 Å². The maximum absolute atomic E-state index is 13.0. The molecule has 2 atom stereocenters. The van der Waals surface area contributed by atoms with E-state index in [9.17, 15) is 4.79 Å². The van der Waals surface area contributed by atoms with Gasteiger partial charge in [-0.05, 0) is 50.2 Å². The molecule has 4 rings (SSSR count). The van der Waals surface area contributed by atoms with Crippen molar-refractivity contribution in [2.45, 2.75) is 50.6 Å². The summed E-state index contributed by atoms with van der Waals surface area (Å²) in [5.41, 5.74) is 9.08. The van der Waals surface area contributed by atoms with Gasteiger partial charge in [-0.3, -0.25) is 9.69 Å². The van der Waals surface area contributed by atoms with E-state index in [2.05, 4.69) is 39.4 Å². The summed E-state index contributed by atoms with van der Waals surface area (Å²) in [7, 11) is 0. The summed E-state index contributed by atoms with van der Waals surface area (Å²) in [4.78, 5) is 17.8. The van der Waals surface area contributed by atoms with Crippen LogP contribution in [0.2, 0.25) is 0 Å². The Kier molecular flexibility index (Phi) is 10.9. The Morgan fingerprint density at radius 3 is 2.68 bits per heavy atom. The summed E-state index contributed by atoms with van der Waals surface area (Å²) in [6, 6.07) is 9.32. The molecule has 0 radical (unpaired) electrons. The van der Waals surface area contributed by atoms with Crippen LogP contribution in [0.4, 0.5) is 5.69 Å². The van der Waals surface area contributed by atoms with Gasteiger partial charge in [0.05, 0.1) is 5.92 Å². The zero-order valence-electron chi connectivity index (χ0n) is 18.3. The van der Waals surface area contributed by atoms with Crippen LogP contribution in [0, 0.1) is 5.92 Å². The van der Waals surface area contributed by atoms with E-state index in [1.807, 2.05) is 0 Å². The molecule has 1 aromatic rings. The number of nitrogens with one attached hydrogen (secondary N) is 1. The van der Waals surface area contributed by atoms with Crippen LogP contribution in [0.5, 0.6) is 0 Å². The summed E-state index contributed by atoms with van der Waals surface area (Å²) < 4.78 is 5.52. The lowest BCUT2D eigenvalue weighted by Crippen LogP contribution is -2.47. The number of para-hydroxylation sites is 1. The van der Waals surface area contributed by atoms with Crippen molar-refractivity contribution < 1.29 is 9.53 Å². The lowest BCUT2D eigenvalue weighted by Gasteiger charge is -2.35. The van der Waals surface area contributed by atoms with E-state index in [-0.39, 0.29) is 42.7 Å². The first-order chi connectivity index (χ1) is 14.2. The molecule has 2 fully saturated rings. The number of rotatable bonds is 5. The van der Waals surface area contributed by atoms with Gasteiger partial charge in [0.15, 0.2) is 0 Å². The Morgan fingerprint density at radius 2 is 1.87 bits per heavy atom. The summed E-state index contributed by atoms with van der Waals surface area (Å²) in [6.07, 6.45) is 6.26. The quantitative estimate of drug-likeness (QED) is 0.688. The molecule has 176 valence electrons. The number of anilines is 1. The summed E-state index contributed by atoms with van der Waals surface area (Å²) in [5, 5.41) is 3.22. The molecule has 0 spiro atoms. The van der Waals surface area contributed by atoms with E-state index in [0.29, 0.717) is 12.6 Å². The molecule has 0 saturated carbocycles. The number of fused-ring (bicyclic) bond motifs is 1. The molecule has 3 aliphatic heterocycles. The minimum absolute atomic E-state index is 0. The molecule has 0 unspecified atom stereocenters. The standard InChI is InChI=1S/C23H36N4O2.2ClH/c24-20-8-7-19(16-27(17-20)21-9-14-29-15-10-21)23(28)25-11-13-26-12-3-5-18-4-1-2-6-22(18)26;;/h1-2,4,6,19-21H,3,5,7-17,24H2,(H,25,28);2*1H/t19-,20+;;/m1../s1. The van der Waals surface area contributed by atoms with Crippen LogP contribution in [0.1, 0.15) is 37.7 Å². The average molecular weight is 473 g/mol. The van der Waals surface area contributed by atoms with Gasteiger partial charge in [0, 0.05) is 63.7 Å². The molecule has 0 aliphatic carbocycles. The lowest BCUT2D eigenvalue weighted by molar-refractivity contribution is -0.125. The van der Waals surface area contributed by atoms with Crippen LogP contribution in [-0.2, 0) is 16.0 Å². The Hall–Kier alpha value is -1.05. The highest BCUT2D eigenvalue weighted by Gasteiger charge is 2.31. The van der Waals surface area contributed by atoms with E-state index in [0.717, 1.165) is 71.5 Å². The Bertz CT molecular complexity index is 687. The van der Waals surface area contributed by atoms with Crippen molar-refractivity contribution >= 4 is 36.4 Å². The lowest BCUT2D eigenvalue weighted by atomic mass is 10.00. The van der Waals surface area contributed by atoms with Crippen molar-refractivity contribution in [1.29, 1.82) is 0 Å². The summed E-state index contributed by atoms with van der Waals surface area (Å²) >= 11 is 0. The number of nitrogens with zero attached hydrogens (tertiary/aromatic N) is 2. The number of halogens is 2. The number of benzene rings is 1. The Labute approximate surface area is 199 Å². The number of carbonyl (C=O) groups is 1. The fraction of sp³-hybridized carbons (Fsp3) is 0.696. The number of nitrogens with two attached hydrogens (primary N) is 1. The second kappa shape index (κ2) is 12.9. The highest BCUT2D eigenvalue weighted by molar-refractivity contribution is 5.85. The van der Waals surface area contributed by atoms with Gasteiger partial charge in [0.1, 0.15) is 0 Å². The third kappa shape index (κ3) is 6.96. The number of ether oxygens (including phenoxy) is 1. The predicted molar refractivity (Wildman–Crippen MR) is 131 cm³/mol. The minimum atomic E-state index is 0. The first kappa shape index (κ1) is 26.2. The zero-order valence-corrected chi connectivity index (χ0v) is 20.0. The highest BCUT2D eigenvalue weighted by Crippen LogP contribution is 2.26. The second-order valence-electron chi connectivity index (χ2n) is 8.84. The molecule has 1 amide bonds. The van der Waals surface area contributed by atoms with Crippen molar-refractivity contribution in [3.63, 3.8) is 0 Å². The summed E-state index contributed by atoms with van der Waals surface area (Å²) in [6.45, 7) is 6.03. The van der Waals surface area contributed by atoms with Crippen LogP contribution < -0.4 is 16.0 Å². The zero-order chi connectivity index (χ0) is 20.1. The van der Waals surface area contributed by atoms with Gasteiger partial charge in [-0.15, -0.1) is 24.8 Å². The molecule has 0 aromatic heterocycles.